The highest BCUT2D eigenvalue weighted by Crippen LogP contribution is 2.10. The van der Waals surface area contributed by atoms with E-state index in [0.29, 0.717) is 12.8 Å². The minimum atomic E-state index is 0.171. The van der Waals surface area contributed by atoms with E-state index in [-0.39, 0.29) is 12.5 Å². The van der Waals surface area contributed by atoms with Crippen molar-refractivity contribution < 1.29 is 14.3 Å². The monoisotopic (exact) mass is 266 g/mol. The number of amides is 1. The largest absolute Gasteiger partial charge is 0.468 e. The summed E-state index contributed by atoms with van der Waals surface area (Å²) in [4.78, 5) is 16.1. The van der Waals surface area contributed by atoms with Crippen molar-refractivity contribution in [3.8, 4) is 0 Å². The minimum Gasteiger partial charge on any atom is -0.468 e. The molecule has 106 valence electrons. The number of aliphatic hydroxyl groups is 1. The van der Waals surface area contributed by atoms with Gasteiger partial charge in [0, 0.05) is 39.2 Å². The maximum atomic E-state index is 11.9. The quantitative estimate of drug-likeness (QED) is 0.783. The van der Waals surface area contributed by atoms with Gasteiger partial charge < -0.3 is 14.4 Å². The maximum Gasteiger partial charge on any atom is 0.222 e. The number of unbranched alkanes of at least 4 members (excludes halogenated alkanes) is 1. The lowest BCUT2D eigenvalue weighted by molar-refractivity contribution is -0.133. The van der Waals surface area contributed by atoms with Crippen molar-refractivity contribution in [2.24, 2.45) is 0 Å². The van der Waals surface area contributed by atoms with Gasteiger partial charge in [-0.15, -0.1) is 0 Å². The molecule has 1 aromatic rings. The Morgan fingerprint density at radius 2 is 2.05 bits per heavy atom. The number of carbonyl (C=O) groups is 1. The number of rotatable bonds is 6. The lowest BCUT2D eigenvalue weighted by Gasteiger charge is -2.34. The predicted octanol–water partition coefficient (Wildman–Crippen LogP) is 1.09. The van der Waals surface area contributed by atoms with Crippen LogP contribution < -0.4 is 0 Å². The Morgan fingerprint density at radius 3 is 2.68 bits per heavy atom. The van der Waals surface area contributed by atoms with Crippen LogP contribution in [0.3, 0.4) is 0 Å². The first kappa shape index (κ1) is 14.1. The molecule has 1 saturated heterocycles. The minimum absolute atomic E-state index is 0.171. The van der Waals surface area contributed by atoms with Gasteiger partial charge in [0.25, 0.3) is 0 Å². The molecule has 1 amide bonds. The van der Waals surface area contributed by atoms with Gasteiger partial charge in [-0.3, -0.25) is 9.69 Å². The third-order valence-electron chi connectivity index (χ3n) is 3.48. The van der Waals surface area contributed by atoms with E-state index in [2.05, 4.69) is 4.90 Å². The van der Waals surface area contributed by atoms with Crippen molar-refractivity contribution in [2.45, 2.75) is 25.8 Å². The molecule has 1 aliphatic rings. The van der Waals surface area contributed by atoms with Gasteiger partial charge in [0.15, 0.2) is 0 Å². The van der Waals surface area contributed by atoms with Crippen LogP contribution in [-0.4, -0.2) is 53.6 Å². The molecular weight excluding hydrogens is 244 g/mol. The van der Waals surface area contributed by atoms with Gasteiger partial charge in [0.2, 0.25) is 5.91 Å². The normalized spacial score (nSPS) is 16.8. The number of carbonyl (C=O) groups excluding carboxylic acids is 1. The molecule has 0 unspecified atom stereocenters. The van der Waals surface area contributed by atoms with E-state index in [0.717, 1.165) is 44.9 Å². The fourth-order valence-electron chi connectivity index (χ4n) is 2.32. The van der Waals surface area contributed by atoms with E-state index in [4.69, 9.17) is 9.52 Å². The molecule has 1 fully saturated rings. The van der Waals surface area contributed by atoms with Gasteiger partial charge in [-0.25, -0.2) is 0 Å². The zero-order valence-electron chi connectivity index (χ0n) is 11.3. The Kier molecular flexibility index (Phi) is 5.42. The highest BCUT2D eigenvalue weighted by Gasteiger charge is 2.20. The van der Waals surface area contributed by atoms with Crippen molar-refractivity contribution in [2.75, 3.05) is 32.8 Å². The van der Waals surface area contributed by atoms with Crippen molar-refractivity contribution in [3.63, 3.8) is 0 Å². The molecule has 19 heavy (non-hydrogen) atoms. The fraction of sp³-hybridized carbons (Fsp3) is 0.643. The van der Waals surface area contributed by atoms with Crippen LogP contribution in [0.1, 0.15) is 25.0 Å². The van der Waals surface area contributed by atoms with E-state index in [1.165, 1.54) is 0 Å². The number of piperazine rings is 1. The summed E-state index contributed by atoms with van der Waals surface area (Å²) in [7, 11) is 0. The van der Waals surface area contributed by atoms with Crippen LogP contribution in [0.5, 0.6) is 0 Å². The first-order chi connectivity index (χ1) is 9.29. The van der Waals surface area contributed by atoms with Gasteiger partial charge in [-0.2, -0.15) is 0 Å². The number of hydrogen-bond acceptors (Lipinski definition) is 4. The second-order valence-corrected chi connectivity index (χ2v) is 4.92. The number of hydrogen-bond donors (Lipinski definition) is 1. The molecule has 0 atom stereocenters. The number of furan rings is 1. The predicted molar refractivity (Wildman–Crippen MR) is 71.5 cm³/mol. The van der Waals surface area contributed by atoms with Gasteiger partial charge in [-0.05, 0) is 25.0 Å². The second-order valence-electron chi connectivity index (χ2n) is 4.92. The summed E-state index contributed by atoms with van der Waals surface area (Å²) in [5.74, 6) is 1.19. The van der Waals surface area contributed by atoms with Crippen molar-refractivity contribution in [1.29, 1.82) is 0 Å². The molecule has 0 bridgehead atoms. The molecule has 1 aromatic heterocycles. The van der Waals surface area contributed by atoms with Gasteiger partial charge in [0.05, 0.1) is 12.8 Å². The van der Waals surface area contributed by atoms with Gasteiger partial charge >= 0.3 is 0 Å². The summed E-state index contributed by atoms with van der Waals surface area (Å²) in [5, 5.41) is 8.71. The van der Waals surface area contributed by atoms with Crippen LogP contribution >= 0.6 is 0 Å². The first-order valence-corrected chi connectivity index (χ1v) is 6.93. The Labute approximate surface area is 113 Å². The fourth-order valence-corrected chi connectivity index (χ4v) is 2.32. The summed E-state index contributed by atoms with van der Waals surface area (Å²) >= 11 is 0. The smallest absolute Gasteiger partial charge is 0.222 e. The molecule has 0 spiro atoms. The summed E-state index contributed by atoms with van der Waals surface area (Å²) in [6.45, 7) is 4.36. The summed E-state index contributed by atoms with van der Waals surface area (Å²) < 4.78 is 5.33. The molecule has 0 saturated carbocycles. The van der Waals surface area contributed by atoms with E-state index < -0.39 is 0 Å². The van der Waals surface area contributed by atoms with Crippen LogP contribution in [0, 0.1) is 0 Å². The molecule has 0 aromatic carbocycles. The Hall–Kier alpha value is -1.33. The second kappa shape index (κ2) is 7.31. The summed E-state index contributed by atoms with van der Waals surface area (Å²) in [5.41, 5.74) is 0. The van der Waals surface area contributed by atoms with E-state index in [1.54, 1.807) is 6.26 Å². The van der Waals surface area contributed by atoms with Gasteiger partial charge in [0.1, 0.15) is 5.76 Å². The average Bonchev–Trinajstić information content (AvgIpc) is 2.93. The van der Waals surface area contributed by atoms with Crippen molar-refractivity contribution in [1.82, 2.24) is 9.80 Å². The van der Waals surface area contributed by atoms with E-state index in [1.807, 2.05) is 17.0 Å². The van der Waals surface area contributed by atoms with Crippen molar-refractivity contribution in [3.05, 3.63) is 24.2 Å². The standard InChI is InChI=1S/C14H22N2O3/c17-10-2-1-5-14(18)16-8-6-15(7-9-16)12-13-4-3-11-19-13/h3-4,11,17H,1-2,5-10,12H2. The van der Waals surface area contributed by atoms with Crippen LogP contribution in [-0.2, 0) is 11.3 Å². The highest BCUT2D eigenvalue weighted by molar-refractivity contribution is 5.76. The van der Waals surface area contributed by atoms with Crippen LogP contribution in [0.4, 0.5) is 0 Å². The summed E-state index contributed by atoms with van der Waals surface area (Å²) in [6.07, 6.45) is 3.74. The highest BCUT2D eigenvalue weighted by atomic mass is 16.3. The van der Waals surface area contributed by atoms with Gasteiger partial charge in [-0.1, -0.05) is 0 Å². The first-order valence-electron chi connectivity index (χ1n) is 6.93. The number of aliphatic hydroxyl groups excluding tert-OH is 1. The third-order valence-corrected chi connectivity index (χ3v) is 3.48. The molecule has 0 radical (unpaired) electrons. The molecule has 2 heterocycles. The average molecular weight is 266 g/mol. The van der Waals surface area contributed by atoms with Crippen LogP contribution in [0.2, 0.25) is 0 Å². The molecule has 2 rings (SSSR count). The molecule has 5 heteroatoms. The lowest BCUT2D eigenvalue weighted by atomic mass is 10.2. The Morgan fingerprint density at radius 1 is 1.26 bits per heavy atom. The van der Waals surface area contributed by atoms with Crippen LogP contribution in [0.15, 0.2) is 22.8 Å². The van der Waals surface area contributed by atoms with Crippen LogP contribution in [0.25, 0.3) is 0 Å². The molecule has 1 N–H and O–H groups in total. The number of nitrogens with zero attached hydrogens (tertiary/aromatic N) is 2. The van der Waals surface area contributed by atoms with E-state index in [9.17, 15) is 4.79 Å². The molecule has 1 aliphatic heterocycles. The zero-order valence-corrected chi connectivity index (χ0v) is 11.3. The Bertz CT molecular complexity index is 370. The zero-order chi connectivity index (χ0) is 13.5. The summed E-state index contributed by atoms with van der Waals surface area (Å²) in [6, 6.07) is 3.88. The SMILES string of the molecule is O=C(CCCCO)N1CCN(Cc2ccco2)CC1. The third kappa shape index (κ3) is 4.36. The molecule has 5 nitrogen and oxygen atoms in total. The van der Waals surface area contributed by atoms with Crippen molar-refractivity contribution >= 4 is 5.91 Å². The Balaban J connectivity index is 1.68. The molecular formula is C14H22N2O3. The molecule has 0 aliphatic carbocycles. The lowest BCUT2D eigenvalue weighted by Crippen LogP contribution is -2.48. The maximum absolute atomic E-state index is 11.9. The van der Waals surface area contributed by atoms with E-state index >= 15 is 0 Å². The topological polar surface area (TPSA) is 56.9 Å².